The second kappa shape index (κ2) is 8.02. The molecular formula is C14H21ClN2O2. The molecule has 1 atom stereocenters. The zero-order valence-corrected chi connectivity index (χ0v) is 12.0. The first-order valence-corrected chi connectivity index (χ1v) is 6.56. The highest BCUT2D eigenvalue weighted by Gasteiger charge is 2.20. The van der Waals surface area contributed by atoms with Gasteiger partial charge in [0, 0.05) is 11.8 Å². The van der Waals surface area contributed by atoms with Gasteiger partial charge in [0.15, 0.2) is 0 Å². The van der Waals surface area contributed by atoms with E-state index in [1.54, 1.807) is 0 Å². The van der Waals surface area contributed by atoms with Crippen LogP contribution in [0.2, 0.25) is 0 Å². The molecule has 0 aromatic heterocycles. The first-order chi connectivity index (χ1) is 8.79. The minimum atomic E-state index is -0.0606. The highest BCUT2D eigenvalue weighted by Crippen LogP contribution is 2.18. The Kier molecular flexibility index (Phi) is 6.67. The second-order valence-corrected chi connectivity index (χ2v) is 4.45. The maximum absolute atomic E-state index is 12.0. The van der Waals surface area contributed by atoms with Crippen LogP contribution >= 0.6 is 12.4 Å². The van der Waals surface area contributed by atoms with Gasteiger partial charge in [-0.25, -0.2) is 0 Å². The summed E-state index contributed by atoms with van der Waals surface area (Å²) in [6.45, 7) is 3.50. The van der Waals surface area contributed by atoms with Gasteiger partial charge in [0.2, 0.25) is 5.91 Å². The summed E-state index contributed by atoms with van der Waals surface area (Å²) in [5.41, 5.74) is 0.790. The Morgan fingerprint density at radius 1 is 1.47 bits per heavy atom. The lowest BCUT2D eigenvalue weighted by atomic mass is 10.0. The standard InChI is InChI=1S/C14H20N2O2.ClH/c1-2-18-12-7-5-6-11(10-12)16-14(17)13-8-3-4-9-15-13;/h5-7,10,13,15H,2-4,8-9H2,1H3,(H,16,17);1H. The molecule has 0 saturated carbocycles. The van der Waals surface area contributed by atoms with Gasteiger partial charge in [-0.3, -0.25) is 4.79 Å². The summed E-state index contributed by atoms with van der Waals surface area (Å²) in [5.74, 6) is 0.829. The summed E-state index contributed by atoms with van der Waals surface area (Å²) < 4.78 is 5.41. The summed E-state index contributed by atoms with van der Waals surface area (Å²) in [6, 6.07) is 7.44. The van der Waals surface area contributed by atoms with Gasteiger partial charge in [-0.2, -0.15) is 0 Å². The number of amides is 1. The van der Waals surface area contributed by atoms with E-state index in [0.29, 0.717) is 6.61 Å². The fraction of sp³-hybridized carbons (Fsp3) is 0.500. The topological polar surface area (TPSA) is 50.4 Å². The normalized spacial score (nSPS) is 18.3. The molecule has 1 aromatic carbocycles. The zero-order valence-electron chi connectivity index (χ0n) is 11.1. The molecular weight excluding hydrogens is 264 g/mol. The maximum atomic E-state index is 12.0. The average Bonchev–Trinajstić information content (AvgIpc) is 2.40. The molecule has 1 saturated heterocycles. The van der Waals surface area contributed by atoms with Crippen molar-refractivity contribution in [1.82, 2.24) is 5.32 Å². The minimum Gasteiger partial charge on any atom is -0.494 e. The summed E-state index contributed by atoms with van der Waals surface area (Å²) in [5, 5.41) is 6.16. The number of halogens is 1. The van der Waals surface area contributed by atoms with E-state index >= 15 is 0 Å². The molecule has 4 nitrogen and oxygen atoms in total. The van der Waals surface area contributed by atoms with E-state index in [4.69, 9.17) is 4.74 Å². The van der Waals surface area contributed by atoms with Gasteiger partial charge in [-0.15, -0.1) is 12.4 Å². The molecule has 0 radical (unpaired) electrons. The number of carbonyl (C=O) groups is 1. The van der Waals surface area contributed by atoms with Crippen LogP contribution in [-0.4, -0.2) is 25.1 Å². The van der Waals surface area contributed by atoms with Crippen molar-refractivity contribution >= 4 is 24.0 Å². The van der Waals surface area contributed by atoms with Crippen molar-refractivity contribution in [3.63, 3.8) is 0 Å². The molecule has 1 heterocycles. The van der Waals surface area contributed by atoms with Crippen molar-refractivity contribution in [2.45, 2.75) is 32.2 Å². The molecule has 5 heteroatoms. The minimum absolute atomic E-state index is 0. The summed E-state index contributed by atoms with van der Waals surface area (Å²) in [7, 11) is 0. The van der Waals surface area contributed by atoms with Gasteiger partial charge in [0.1, 0.15) is 5.75 Å². The summed E-state index contributed by atoms with van der Waals surface area (Å²) in [4.78, 5) is 12.0. The van der Waals surface area contributed by atoms with Crippen molar-refractivity contribution in [2.75, 3.05) is 18.5 Å². The van der Waals surface area contributed by atoms with Crippen LogP contribution in [0.3, 0.4) is 0 Å². The molecule has 0 aliphatic carbocycles. The van der Waals surface area contributed by atoms with E-state index in [1.807, 2.05) is 31.2 Å². The van der Waals surface area contributed by atoms with Gasteiger partial charge in [-0.05, 0) is 38.4 Å². The fourth-order valence-corrected chi connectivity index (χ4v) is 2.14. The van der Waals surface area contributed by atoms with Crippen molar-refractivity contribution in [2.24, 2.45) is 0 Å². The van der Waals surface area contributed by atoms with E-state index in [1.165, 1.54) is 0 Å². The number of ether oxygens (including phenoxy) is 1. The smallest absolute Gasteiger partial charge is 0.241 e. The molecule has 1 unspecified atom stereocenters. The number of rotatable bonds is 4. The van der Waals surface area contributed by atoms with Crippen molar-refractivity contribution in [3.05, 3.63) is 24.3 Å². The predicted octanol–water partition coefficient (Wildman–Crippen LogP) is 2.59. The molecule has 1 fully saturated rings. The van der Waals surface area contributed by atoms with Crippen molar-refractivity contribution in [1.29, 1.82) is 0 Å². The Bertz CT molecular complexity index is 406. The van der Waals surface area contributed by atoms with Gasteiger partial charge >= 0.3 is 0 Å². The lowest BCUT2D eigenvalue weighted by Crippen LogP contribution is -2.43. The lowest BCUT2D eigenvalue weighted by molar-refractivity contribution is -0.118. The average molecular weight is 285 g/mol. The second-order valence-electron chi connectivity index (χ2n) is 4.45. The van der Waals surface area contributed by atoms with Crippen LogP contribution in [-0.2, 0) is 4.79 Å². The first-order valence-electron chi connectivity index (χ1n) is 6.56. The van der Waals surface area contributed by atoms with Crippen molar-refractivity contribution in [3.8, 4) is 5.75 Å². The Balaban J connectivity index is 0.00000180. The summed E-state index contributed by atoms with van der Waals surface area (Å²) in [6.07, 6.45) is 3.19. The Hall–Kier alpha value is -1.26. The highest BCUT2D eigenvalue weighted by atomic mass is 35.5. The molecule has 19 heavy (non-hydrogen) atoms. The van der Waals surface area contributed by atoms with Gasteiger partial charge in [0.05, 0.1) is 12.6 Å². The summed E-state index contributed by atoms with van der Waals surface area (Å²) >= 11 is 0. The number of nitrogens with one attached hydrogen (secondary N) is 2. The number of piperidine rings is 1. The number of anilines is 1. The quantitative estimate of drug-likeness (QED) is 0.893. The van der Waals surface area contributed by atoms with Gasteiger partial charge in [0.25, 0.3) is 0 Å². The number of hydrogen-bond donors (Lipinski definition) is 2. The third kappa shape index (κ3) is 4.73. The molecule has 1 aromatic rings. The molecule has 0 spiro atoms. The van der Waals surface area contributed by atoms with Crippen molar-refractivity contribution < 1.29 is 9.53 Å². The molecule has 2 rings (SSSR count). The molecule has 1 amide bonds. The maximum Gasteiger partial charge on any atom is 0.241 e. The molecule has 0 bridgehead atoms. The van der Waals surface area contributed by atoms with Crippen LogP contribution in [0.4, 0.5) is 5.69 Å². The number of hydrogen-bond acceptors (Lipinski definition) is 3. The SMILES string of the molecule is CCOc1cccc(NC(=O)C2CCCCN2)c1.Cl. The molecule has 1 aliphatic heterocycles. The van der Waals surface area contributed by atoms with Gasteiger partial charge in [-0.1, -0.05) is 12.5 Å². The van der Waals surface area contributed by atoms with Gasteiger partial charge < -0.3 is 15.4 Å². The van der Waals surface area contributed by atoms with Crippen LogP contribution in [0.1, 0.15) is 26.2 Å². The Morgan fingerprint density at radius 3 is 3.00 bits per heavy atom. The van der Waals surface area contributed by atoms with Crippen LogP contribution in [0.15, 0.2) is 24.3 Å². The monoisotopic (exact) mass is 284 g/mol. The Labute approximate surface area is 120 Å². The van der Waals surface area contributed by atoms with E-state index < -0.39 is 0 Å². The first kappa shape index (κ1) is 15.8. The zero-order chi connectivity index (χ0) is 12.8. The van der Waals surface area contributed by atoms with E-state index in [-0.39, 0.29) is 24.4 Å². The number of benzene rings is 1. The highest BCUT2D eigenvalue weighted by molar-refractivity contribution is 5.95. The Morgan fingerprint density at radius 2 is 2.32 bits per heavy atom. The van der Waals surface area contributed by atoms with Crippen LogP contribution in [0, 0.1) is 0 Å². The third-order valence-corrected chi connectivity index (χ3v) is 3.04. The van der Waals surface area contributed by atoms with E-state index in [0.717, 1.165) is 37.2 Å². The number of carbonyl (C=O) groups excluding carboxylic acids is 1. The van der Waals surface area contributed by atoms with Crippen LogP contribution in [0.5, 0.6) is 5.75 Å². The van der Waals surface area contributed by atoms with E-state index in [9.17, 15) is 4.79 Å². The largest absolute Gasteiger partial charge is 0.494 e. The lowest BCUT2D eigenvalue weighted by Gasteiger charge is -2.22. The molecule has 1 aliphatic rings. The molecule has 106 valence electrons. The third-order valence-electron chi connectivity index (χ3n) is 3.04. The molecule has 2 N–H and O–H groups in total. The predicted molar refractivity (Wildman–Crippen MR) is 79.1 cm³/mol. The van der Waals surface area contributed by atoms with Crippen LogP contribution < -0.4 is 15.4 Å². The fourth-order valence-electron chi connectivity index (χ4n) is 2.14. The van der Waals surface area contributed by atoms with E-state index in [2.05, 4.69) is 10.6 Å². The van der Waals surface area contributed by atoms with Crippen LogP contribution in [0.25, 0.3) is 0 Å².